The number of rotatable bonds is 2. The zero-order valence-corrected chi connectivity index (χ0v) is 13.2. The summed E-state index contributed by atoms with van der Waals surface area (Å²) < 4.78 is 11.0. The molecule has 2 saturated heterocycles. The van der Waals surface area contributed by atoms with Crippen molar-refractivity contribution in [1.82, 2.24) is 9.97 Å². The van der Waals surface area contributed by atoms with Crippen LogP contribution in [0, 0.1) is 0 Å². The second-order valence-electron chi connectivity index (χ2n) is 5.58. The summed E-state index contributed by atoms with van der Waals surface area (Å²) in [7, 11) is 0. The first-order valence-corrected chi connectivity index (χ1v) is 7.76. The topological polar surface area (TPSA) is 50.7 Å². The van der Waals surface area contributed by atoms with Gasteiger partial charge in [-0.25, -0.2) is 4.98 Å². The number of ether oxygens (including phenoxy) is 2. The molecule has 2 atom stereocenters. The number of halogens is 1. The molecule has 6 nitrogen and oxygen atoms in total. The Morgan fingerprint density at radius 1 is 1.05 bits per heavy atom. The van der Waals surface area contributed by atoms with E-state index in [1.165, 1.54) is 0 Å². The highest BCUT2D eigenvalue weighted by molar-refractivity contribution is 6.29. The van der Waals surface area contributed by atoms with Gasteiger partial charge in [0.15, 0.2) is 0 Å². The van der Waals surface area contributed by atoms with Crippen LogP contribution in [0.1, 0.15) is 13.8 Å². The van der Waals surface area contributed by atoms with Crippen LogP contribution in [0.4, 0.5) is 11.8 Å². The number of anilines is 2. The zero-order chi connectivity index (χ0) is 14.8. The molecule has 2 aliphatic rings. The van der Waals surface area contributed by atoms with Gasteiger partial charge in [-0.3, -0.25) is 0 Å². The monoisotopic (exact) mass is 312 g/mol. The Morgan fingerprint density at radius 2 is 1.67 bits per heavy atom. The Kier molecular flexibility index (Phi) is 4.47. The van der Waals surface area contributed by atoms with Crippen molar-refractivity contribution < 1.29 is 9.47 Å². The summed E-state index contributed by atoms with van der Waals surface area (Å²) >= 11 is 6.22. The van der Waals surface area contributed by atoms with E-state index in [9.17, 15) is 0 Å². The van der Waals surface area contributed by atoms with Crippen LogP contribution in [0.15, 0.2) is 6.07 Å². The summed E-state index contributed by atoms with van der Waals surface area (Å²) in [6, 6.07) is 2.38. The van der Waals surface area contributed by atoms with Crippen molar-refractivity contribution in [2.24, 2.45) is 0 Å². The minimum absolute atomic E-state index is 0.257. The summed E-state index contributed by atoms with van der Waals surface area (Å²) in [5.74, 6) is 1.56. The third-order valence-electron chi connectivity index (χ3n) is 3.96. The molecule has 2 aliphatic heterocycles. The summed E-state index contributed by atoms with van der Waals surface area (Å²) in [6.45, 7) is 8.68. The average Bonchev–Trinajstić information content (AvgIpc) is 2.47. The van der Waals surface area contributed by atoms with Crippen LogP contribution in [0.3, 0.4) is 0 Å². The summed E-state index contributed by atoms with van der Waals surface area (Å²) in [6.07, 6.45) is 0. The van der Waals surface area contributed by atoms with Gasteiger partial charge in [0, 0.05) is 19.2 Å². The maximum atomic E-state index is 6.22. The van der Waals surface area contributed by atoms with Crippen LogP contribution in [0.25, 0.3) is 0 Å². The van der Waals surface area contributed by atoms with Crippen molar-refractivity contribution in [2.75, 3.05) is 49.3 Å². The van der Waals surface area contributed by atoms with Gasteiger partial charge in [0.25, 0.3) is 0 Å². The molecule has 0 radical (unpaired) electrons. The van der Waals surface area contributed by atoms with Gasteiger partial charge in [-0.05, 0) is 13.8 Å². The molecule has 0 N–H and O–H groups in total. The SMILES string of the molecule is CC1COCCN1c1cc(Cl)nc(N2CCOCC2C)n1. The van der Waals surface area contributed by atoms with Crippen molar-refractivity contribution in [1.29, 1.82) is 0 Å². The Morgan fingerprint density at radius 3 is 2.29 bits per heavy atom. The van der Waals surface area contributed by atoms with Gasteiger partial charge < -0.3 is 19.3 Å². The van der Waals surface area contributed by atoms with E-state index in [2.05, 4.69) is 28.6 Å². The molecule has 7 heteroatoms. The van der Waals surface area contributed by atoms with Crippen LogP contribution in [-0.2, 0) is 9.47 Å². The first kappa shape index (κ1) is 14.8. The lowest BCUT2D eigenvalue weighted by Crippen LogP contribution is -2.46. The van der Waals surface area contributed by atoms with Crippen LogP contribution in [0.5, 0.6) is 0 Å². The molecule has 2 fully saturated rings. The minimum atomic E-state index is 0.257. The van der Waals surface area contributed by atoms with Crippen LogP contribution in [-0.4, -0.2) is 61.6 Å². The first-order valence-electron chi connectivity index (χ1n) is 7.38. The van der Waals surface area contributed by atoms with E-state index in [1.54, 1.807) is 0 Å². The number of morpholine rings is 2. The van der Waals surface area contributed by atoms with Gasteiger partial charge >= 0.3 is 0 Å². The fourth-order valence-electron chi connectivity index (χ4n) is 2.76. The van der Waals surface area contributed by atoms with Crippen molar-refractivity contribution in [2.45, 2.75) is 25.9 Å². The maximum absolute atomic E-state index is 6.22. The molecule has 0 aromatic carbocycles. The average molecular weight is 313 g/mol. The van der Waals surface area contributed by atoms with E-state index in [0.717, 1.165) is 25.5 Å². The predicted octanol–water partition coefficient (Wildman–Crippen LogP) is 1.58. The standard InChI is InChI=1S/C14H21ClN4O2/c1-10-8-20-5-3-18(10)13-7-12(15)16-14(17-13)19-4-6-21-9-11(19)2/h7,10-11H,3-6,8-9H2,1-2H3. The van der Waals surface area contributed by atoms with Gasteiger partial charge in [0.05, 0.1) is 38.5 Å². The molecule has 3 heterocycles. The molecule has 0 aliphatic carbocycles. The lowest BCUT2D eigenvalue weighted by Gasteiger charge is -2.36. The van der Waals surface area contributed by atoms with Gasteiger partial charge in [-0.1, -0.05) is 11.6 Å². The molecule has 116 valence electrons. The highest BCUT2D eigenvalue weighted by atomic mass is 35.5. The van der Waals surface area contributed by atoms with Crippen molar-refractivity contribution in [3.05, 3.63) is 11.2 Å². The smallest absolute Gasteiger partial charge is 0.229 e. The second-order valence-corrected chi connectivity index (χ2v) is 5.97. The Balaban J connectivity index is 1.88. The van der Waals surface area contributed by atoms with Crippen molar-refractivity contribution in [3.8, 4) is 0 Å². The molecule has 1 aromatic heterocycles. The van der Waals surface area contributed by atoms with Crippen molar-refractivity contribution in [3.63, 3.8) is 0 Å². The van der Waals surface area contributed by atoms with Crippen LogP contribution in [0.2, 0.25) is 5.15 Å². The Bertz CT molecular complexity index is 462. The molecular formula is C14H21ClN4O2. The number of aromatic nitrogens is 2. The van der Waals surface area contributed by atoms with Gasteiger partial charge in [-0.2, -0.15) is 4.98 Å². The largest absolute Gasteiger partial charge is 0.377 e. The molecule has 21 heavy (non-hydrogen) atoms. The number of nitrogens with zero attached hydrogens (tertiary/aromatic N) is 4. The Labute approximate surface area is 130 Å². The Hall–Kier alpha value is -1.11. The minimum Gasteiger partial charge on any atom is -0.377 e. The third kappa shape index (κ3) is 3.22. The zero-order valence-electron chi connectivity index (χ0n) is 12.5. The highest BCUT2D eigenvalue weighted by Gasteiger charge is 2.25. The third-order valence-corrected chi connectivity index (χ3v) is 4.15. The molecule has 0 saturated carbocycles. The molecule has 1 aromatic rings. The molecule has 0 bridgehead atoms. The summed E-state index contributed by atoms with van der Waals surface area (Å²) in [5.41, 5.74) is 0. The van der Waals surface area contributed by atoms with Crippen molar-refractivity contribution >= 4 is 23.4 Å². The van der Waals surface area contributed by atoms with Crippen LogP contribution < -0.4 is 9.80 Å². The number of hydrogen-bond acceptors (Lipinski definition) is 6. The molecule has 0 spiro atoms. The second kappa shape index (κ2) is 6.34. The fraction of sp³-hybridized carbons (Fsp3) is 0.714. The lowest BCUT2D eigenvalue weighted by molar-refractivity contribution is 0.0972. The van der Waals surface area contributed by atoms with Crippen LogP contribution >= 0.6 is 11.6 Å². The summed E-state index contributed by atoms with van der Waals surface area (Å²) in [4.78, 5) is 13.5. The molecular weight excluding hydrogens is 292 g/mol. The van der Waals surface area contributed by atoms with E-state index >= 15 is 0 Å². The quantitative estimate of drug-likeness (QED) is 0.773. The van der Waals surface area contributed by atoms with E-state index < -0.39 is 0 Å². The van der Waals surface area contributed by atoms with E-state index in [1.807, 2.05) is 6.07 Å². The number of hydrogen-bond donors (Lipinski definition) is 0. The molecule has 0 amide bonds. The lowest BCUT2D eigenvalue weighted by atomic mass is 10.2. The van der Waals surface area contributed by atoms with Gasteiger partial charge in [0.2, 0.25) is 5.95 Å². The van der Waals surface area contributed by atoms with Gasteiger partial charge in [-0.15, -0.1) is 0 Å². The molecule has 3 rings (SSSR count). The normalized spacial score (nSPS) is 27.0. The van der Waals surface area contributed by atoms with E-state index in [0.29, 0.717) is 37.0 Å². The summed E-state index contributed by atoms with van der Waals surface area (Å²) in [5, 5.41) is 0.479. The maximum Gasteiger partial charge on any atom is 0.229 e. The van der Waals surface area contributed by atoms with Gasteiger partial charge in [0.1, 0.15) is 11.0 Å². The van der Waals surface area contributed by atoms with E-state index in [-0.39, 0.29) is 6.04 Å². The highest BCUT2D eigenvalue weighted by Crippen LogP contribution is 2.25. The fourth-order valence-corrected chi connectivity index (χ4v) is 2.93. The molecule has 2 unspecified atom stereocenters. The first-order chi connectivity index (χ1) is 10.1. The predicted molar refractivity (Wildman–Crippen MR) is 82.3 cm³/mol. The van der Waals surface area contributed by atoms with E-state index in [4.69, 9.17) is 26.1 Å².